The van der Waals surface area contributed by atoms with Crippen molar-refractivity contribution in [1.82, 2.24) is 0 Å². The molecule has 0 atom stereocenters. The highest BCUT2D eigenvalue weighted by atomic mass is 35.5. The van der Waals surface area contributed by atoms with Crippen molar-refractivity contribution in [2.24, 2.45) is 0 Å². The van der Waals surface area contributed by atoms with Crippen molar-refractivity contribution < 1.29 is 0 Å². The zero-order valence-electron chi connectivity index (χ0n) is 15.1. The normalized spacial score (nSPS) is 11.1. The van der Waals surface area contributed by atoms with E-state index in [2.05, 4.69) is 75.4 Å². The van der Waals surface area contributed by atoms with E-state index in [4.69, 9.17) is 11.6 Å². The highest BCUT2D eigenvalue weighted by Gasteiger charge is 2.22. The van der Waals surface area contributed by atoms with E-state index in [0.717, 1.165) is 17.9 Å². The third-order valence-corrected chi connectivity index (χ3v) is 7.88. The SMILES string of the molecule is CCc1cc(CC)cc([Si](c2ccc(C)cc2)c2ccccc2Cl)c1. The molecule has 3 aromatic rings. The highest BCUT2D eigenvalue weighted by molar-refractivity contribution is 6.96. The van der Waals surface area contributed by atoms with Crippen molar-refractivity contribution in [3.05, 3.63) is 88.4 Å². The van der Waals surface area contributed by atoms with Gasteiger partial charge in [0, 0.05) is 5.02 Å². The molecule has 0 unspecified atom stereocenters. The van der Waals surface area contributed by atoms with Crippen LogP contribution in [0.3, 0.4) is 0 Å². The lowest BCUT2D eigenvalue weighted by Gasteiger charge is -2.20. The number of hydrogen-bond donors (Lipinski definition) is 0. The summed E-state index contributed by atoms with van der Waals surface area (Å²) in [5.41, 5.74) is 4.12. The average Bonchev–Trinajstić information content (AvgIpc) is 2.64. The van der Waals surface area contributed by atoms with Gasteiger partial charge in [0.1, 0.15) is 0 Å². The number of rotatable bonds is 5. The highest BCUT2D eigenvalue weighted by Crippen LogP contribution is 2.10. The molecule has 0 bridgehead atoms. The second-order valence-corrected chi connectivity index (χ2v) is 9.32. The molecule has 1 radical (unpaired) electrons. The fourth-order valence-corrected chi connectivity index (χ4v) is 6.30. The lowest BCUT2D eigenvalue weighted by molar-refractivity contribution is 1.09. The molecular formula is C23H24ClSi. The Morgan fingerprint density at radius 3 is 1.92 bits per heavy atom. The molecule has 2 heteroatoms. The van der Waals surface area contributed by atoms with Crippen LogP contribution in [0.15, 0.2) is 66.7 Å². The molecule has 0 heterocycles. The fourth-order valence-electron chi connectivity index (χ4n) is 3.18. The monoisotopic (exact) mass is 363 g/mol. The van der Waals surface area contributed by atoms with Crippen LogP contribution in [0.1, 0.15) is 30.5 Å². The Kier molecular flexibility index (Phi) is 5.77. The van der Waals surface area contributed by atoms with Crippen LogP contribution in [0, 0.1) is 6.92 Å². The summed E-state index contributed by atoms with van der Waals surface area (Å²) >= 11 is 6.62. The summed E-state index contributed by atoms with van der Waals surface area (Å²) in [5.74, 6) is 0. The van der Waals surface area contributed by atoms with E-state index in [-0.39, 0.29) is 0 Å². The zero-order chi connectivity index (χ0) is 17.8. The summed E-state index contributed by atoms with van der Waals surface area (Å²) in [6.07, 6.45) is 2.12. The standard InChI is InChI=1S/C23H24ClSi/c1-4-18-14-19(5-2)16-21(15-18)25(20-12-10-17(3)11-13-20)23-9-7-6-8-22(23)24/h6-16H,4-5H2,1-3H3. The molecule has 0 aliphatic heterocycles. The third-order valence-electron chi connectivity index (χ3n) is 4.64. The van der Waals surface area contributed by atoms with E-state index in [1.54, 1.807) is 0 Å². The Hall–Kier alpha value is -1.83. The first-order chi connectivity index (χ1) is 12.1. The summed E-state index contributed by atoms with van der Waals surface area (Å²) in [4.78, 5) is 0. The van der Waals surface area contributed by atoms with E-state index in [9.17, 15) is 0 Å². The van der Waals surface area contributed by atoms with Crippen LogP contribution in [0.2, 0.25) is 5.02 Å². The molecule has 0 saturated carbocycles. The van der Waals surface area contributed by atoms with Crippen LogP contribution in [-0.4, -0.2) is 8.80 Å². The number of benzene rings is 3. The quantitative estimate of drug-likeness (QED) is 0.468. The van der Waals surface area contributed by atoms with Gasteiger partial charge in [-0.2, -0.15) is 0 Å². The minimum absolute atomic E-state index is 0.872. The summed E-state index contributed by atoms with van der Waals surface area (Å²) in [5, 5.41) is 4.96. The van der Waals surface area contributed by atoms with E-state index < -0.39 is 8.80 Å². The predicted octanol–water partition coefficient (Wildman–Crippen LogP) is 4.29. The molecule has 0 saturated heterocycles. The maximum Gasteiger partial charge on any atom is 0.156 e. The van der Waals surface area contributed by atoms with Crippen molar-refractivity contribution in [2.45, 2.75) is 33.6 Å². The molecular weight excluding hydrogens is 340 g/mol. The minimum atomic E-state index is -1.12. The summed E-state index contributed by atoms with van der Waals surface area (Å²) < 4.78 is 0. The van der Waals surface area contributed by atoms with Crippen LogP contribution < -0.4 is 15.6 Å². The molecule has 3 rings (SSSR count). The molecule has 25 heavy (non-hydrogen) atoms. The smallest absolute Gasteiger partial charge is 0.0845 e. The molecule has 0 amide bonds. The van der Waals surface area contributed by atoms with Gasteiger partial charge in [-0.1, -0.05) is 102 Å². The number of aryl methyl sites for hydroxylation is 3. The van der Waals surface area contributed by atoms with Gasteiger partial charge in [-0.15, -0.1) is 0 Å². The first-order valence-electron chi connectivity index (χ1n) is 8.94. The van der Waals surface area contributed by atoms with E-state index in [1.807, 2.05) is 12.1 Å². The summed E-state index contributed by atoms with van der Waals surface area (Å²) in [6, 6.07) is 24.4. The van der Waals surface area contributed by atoms with Gasteiger partial charge in [-0.3, -0.25) is 0 Å². The predicted molar refractivity (Wildman–Crippen MR) is 112 cm³/mol. The Morgan fingerprint density at radius 1 is 0.760 bits per heavy atom. The van der Waals surface area contributed by atoms with Crippen molar-refractivity contribution in [3.63, 3.8) is 0 Å². The van der Waals surface area contributed by atoms with Crippen LogP contribution in [0.25, 0.3) is 0 Å². The molecule has 0 aliphatic rings. The first-order valence-corrected chi connectivity index (χ1v) is 10.8. The molecule has 0 spiro atoms. The second-order valence-electron chi connectivity index (χ2n) is 6.47. The Balaban J connectivity index is 2.21. The Bertz CT molecular complexity index is 830. The first kappa shape index (κ1) is 18.0. The van der Waals surface area contributed by atoms with Crippen LogP contribution in [0.5, 0.6) is 0 Å². The Morgan fingerprint density at radius 2 is 1.36 bits per heavy atom. The van der Waals surface area contributed by atoms with Gasteiger partial charge < -0.3 is 0 Å². The third kappa shape index (κ3) is 4.05. The van der Waals surface area contributed by atoms with Crippen LogP contribution in [-0.2, 0) is 12.8 Å². The van der Waals surface area contributed by atoms with Gasteiger partial charge in [0.15, 0.2) is 8.80 Å². The van der Waals surface area contributed by atoms with Gasteiger partial charge in [0.25, 0.3) is 0 Å². The second kappa shape index (κ2) is 8.03. The van der Waals surface area contributed by atoms with E-state index >= 15 is 0 Å². The van der Waals surface area contributed by atoms with Gasteiger partial charge >= 0.3 is 0 Å². The van der Waals surface area contributed by atoms with Gasteiger partial charge in [0.05, 0.1) is 0 Å². The fraction of sp³-hybridized carbons (Fsp3) is 0.217. The summed E-state index contributed by atoms with van der Waals surface area (Å²) in [6.45, 7) is 6.59. The average molecular weight is 364 g/mol. The van der Waals surface area contributed by atoms with E-state index in [1.165, 1.54) is 32.3 Å². The minimum Gasteiger partial charge on any atom is -0.0845 e. The van der Waals surface area contributed by atoms with E-state index in [0.29, 0.717) is 0 Å². The molecule has 127 valence electrons. The molecule has 0 aliphatic carbocycles. The number of hydrogen-bond acceptors (Lipinski definition) is 0. The largest absolute Gasteiger partial charge is 0.156 e. The zero-order valence-corrected chi connectivity index (χ0v) is 16.9. The maximum atomic E-state index is 6.62. The lowest BCUT2D eigenvalue weighted by atomic mass is 10.1. The molecule has 0 aromatic heterocycles. The molecule has 0 fully saturated rings. The van der Waals surface area contributed by atoms with Crippen molar-refractivity contribution >= 4 is 36.0 Å². The Labute approximate surface area is 158 Å². The lowest BCUT2D eigenvalue weighted by Crippen LogP contribution is -2.52. The maximum absolute atomic E-state index is 6.62. The van der Waals surface area contributed by atoms with Crippen molar-refractivity contribution in [1.29, 1.82) is 0 Å². The van der Waals surface area contributed by atoms with Crippen molar-refractivity contribution in [3.8, 4) is 0 Å². The van der Waals surface area contributed by atoms with Gasteiger partial charge in [0.2, 0.25) is 0 Å². The van der Waals surface area contributed by atoms with Crippen LogP contribution in [0.4, 0.5) is 0 Å². The molecule has 0 N–H and O–H groups in total. The van der Waals surface area contributed by atoms with Gasteiger partial charge in [-0.25, -0.2) is 0 Å². The molecule has 3 aromatic carbocycles. The van der Waals surface area contributed by atoms with Crippen LogP contribution >= 0.6 is 11.6 Å². The van der Waals surface area contributed by atoms with Gasteiger partial charge in [-0.05, 0) is 42.1 Å². The summed E-state index contributed by atoms with van der Waals surface area (Å²) in [7, 11) is -1.12. The molecule has 0 nitrogen and oxygen atoms in total. The number of halogens is 1. The van der Waals surface area contributed by atoms with Crippen molar-refractivity contribution in [2.75, 3.05) is 0 Å². The topological polar surface area (TPSA) is 0 Å².